The molecule has 1 amide bonds. The van der Waals surface area contributed by atoms with E-state index in [2.05, 4.69) is 26.8 Å². The summed E-state index contributed by atoms with van der Waals surface area (Å²) < 4.78 is 1.82. The average Bonchev–Trinajstić information content (AvgIpc) is 3.35. The molecule has 0 aliphatic carbocycles. The highest BCUT2D eigenvalue weighted by atomic mass is 32.1. The lowest BCUT2D eigenvalue weighted by molar-refractivity contribution is 0.0735. The Morgan fingerprint density at radius 2 is 2.26 bits per heavy atom. The summed E-state index contributed by atoms with van der Waals surface area (Å²) in [6, 6.07) is 6.00. The van der Waals surface area contributed by atoms with Gasteiger partial charge in [0.25, 0.3) is 5.91 Å². The molecule has 5 nitrogen and oxygen atoms in total. The number of thiophene rings is 1. The number of carbonyl (C=O) groups is 1. The summed E-state index contributed by atoms with van der Waals surface area (Å²) >= 11 is 1.68. The highest BCUT2D eigenvalue weighted by molar-refractivity contribution is 7.08. The van der Waals surface area contributed by atoms with E-state index < -0.39 is 0 Å². The van der Waals surface area contributed by atoms with Crippen LogP contribution in [-0.2, 0) is 0 Å². The average molecular weight is 324 g/mol. The second-order valence-corrected chi connectivity index (χ2v) is 6.37. The summed E-state index contributed by atoms with van der Waals surface area (Å²) in [6.07, 6.45) is 8.96. The molecule has 0 spiro atoms. The molecule has 4 rings (SSSR count). The van der Waals surface area contributed by atoms with Crippen LogP contribution in [0.4, 0.5) is 0 Å². The fourth-order valence-electron chi connectivity index (χ4n) is 3.05. The van der Waals surface area contributed by atoms with E-state index in [1.807, 2.05) is 27.8 Å². The fourth-order valence-corrected chi connectivity index (χ4v) is 3.75. The predicted molar refractivity (Wildman–Crippen MR) is 88.7 cm³/mol. The maximum atomic E-state index is 12.8. The van der Waals surface area contributed by atoms with Crippen molar-refractivity contribution in [2.75, 3.05) is 6.54 Å². The molecule has 1 saturated heterocycles. The lowest BCUT2D eigenvalue weighted by Crippen LogP contribution is -2.30. The molecule has 6 heteroatoms. The van der Waals surface area contributed by atoms with E-state index in [-0.39, 0.29) is 11.9 Å². The van der Waals surface area contributed by atoms with Crippen molar-refractivity contribution in [2.45, 2.75) is 18.9 Å². The Bertz CT molecular complexity index is 781. The topological polar surface area (TPSA) is 51.0 Å². The first-order valence-corrected chi connectivity index (χ1v) is 8.54. The maximum absolute atomic E-state index is 12.8. The van der Waals surface area contributed by atoms with Crippen LogP contribution in [-0.4, -0.2) is 31.9 Å². The summed E-state index contributed by atoms with van der Waals surface area (Å²) in [6.45, 7) is 0.808. The molecule has 0 bridgehead atoms. The Balaban J connectivity index is 1.56. The molecule has 0 N–H and O–H groups in total. The number of hydrogen-bond acceptors (Lipinski definition) is 4. The molecule has 23 heavy (non-hydrogen) atoms. The van der Waals surface area contributed by atoms with Crippen molar-refractivity contribution >= 4 is 17.2 Å². The van der Waals surface area contributed by atoms with Gasteiger partial charge in [0.05, 0.1) is 11.6 Å². The largest absolute Gasteiger partial charge is 0.332 e. The van der Waals surface area contributed by atoms with Crippen LogP contribution < -0.4 is 0 Å². The molecule has 1 fully saturated rings. The fraction of sp³-hybridized carbons (Fsp3) is 0.235. The molecule has 3 aromatic heterocycles. The number of nitrogens with zero attached hydrogens (tertiary/aromatic N) is 4. The minimum Gasteiger partial charge on any atom is -0.332 e. The number of carbonyl (C=O) groups excluding carboxylic acids is 1. The van der Waals surface area contributed by atoms with Crippen LogP contribution in [0.25, 0.3) is 5.82 Å². The first-order chi connectivity index (χ1) is 11.3. The van der Waals surface area contributed by atoms with Gasteiger partial charge in [0, 0.05) is 25.1 Å². The molecular weight excluding hydrogens is 308 g/mol. The van der Waals surface area contributed by atoms with Crippen LogP contribution in [0.3, 0.4) is 0 Å². The van der Waals surface area contributed by atoms with Crippen molar-refractivity contribution in [3.05, 3.63) is 65.0 Å². The van der Waals surface area contributed by atoms with Crippen molar-refractivity contribution in [3.8, 4) is 5.82 Å². The molecule has 0 aromatic carbocycles. The van der Waals surface area contributed by atoms with Gasteiger partial charge < -0.3 is 4.90 Å². The third-order valence-corrected chi connectivity index (χ3v) is 4.91. The van der Waals surface area contributed by atoms with Crippen LogP contribution >= 0.6 is 11.3 Å². The number of aromatic nitrogens is 3. The Morgan fingerprint density at radius 1 is 1.30 bits per heavy atom. The maximum Gasteiger partial charge on any atom is 0.255 e. The first-order valence-electron chi connectivity index (χ1n) is 7.60. The van der Waals surface area contributed by atoms with Crippen molar-refractivity contribution in [1.29, 1.82) is 0 Å². The van der Waals surface area contributed by atoms with E-state index in [1.54, 1.807) is 30.1 Å². The molecule has 3 aromatic rings. The Hall–Kier alpha value is -2.47. The molecule has 0 unspecified atom stereocenters. The minimum atomic E-state index is 0.0587. The molecule has 0 radical (unpaired) electrons. The van der Waals surface area contributed by atoms with Gasteiger partial charge in [-0.1, -0.05) is 0 Å². The smallest absolute Gasteiger partial charge is 0.255 e. The van der Waals surface area contributed by atoms with Crippen LogP contribution in [0.5, 0.6) is 0 Å². The predicted octanol–water partition coefficient (Wildman–Crippen LogP) is 3.31. The highest BCUT2D eigenvalue weighted by Gasteiger charge is 2.30. The number of likely N-dealkylation sites (tertiary alicyclic amines) is 1. The number of imidazole rings is 1. The second-order valence-electron chi connectivity index (χ2n) is 5.59. The summed E-state index contributed by atoms with van der Waals surface area (Å²) in [5, 5.41) is 4.20. The zero-order valence-electron chi connectivity index (χ0n) is 12.5. The lowest BCUT2D eigenvalue weighted by atomic mass is 10.1. The van der Waals surface area contributed by atoms with E-state index in [4.69, 9.17) is 0 Å². The van der Waals surface area contributed by atoms with E-state index in [0.717, 1.165) is 25.2 Å². The molecule has 1 aliphatic rings. The Labute approximate surface area is 138 Å². The second kappa shape index (κ2) is 5.96. The number of pyridine rings is 1. The van der Waals surface area contributed by atoms with Gasteiger partial charge in [-0.15, -0.1) is 0 Å². The molecule has 1 atom stereocenters. The van der Waals surface area contributed by atoms with Crippen molar-refractivity contribution < 1.29 is 4.79 Å². The third kappa shape index (κ3) is 2.66. The van der Waals surface area contributed by atoms with E-state index >= 15 is 0 Å². The van der Waals surface area contributed by atoms with Crippen LogP contribution in [0.2, 0.25) is 0 Å². The van der Waals surface area contributed by atoms with Crippen molar-refractivity contribution in [2.24, 2.45) is 0 Å². The molecule has 116 valence electrons. The SMILES string of the molecule is O=C(c1ccc(-n2ccnc2)nc1)N1CCC[C@H]1c1ccsc1. The van der Waals surface area contributed by atoms with Gasteiger partial charge in [0.1, 0.15) is 12.1 Å². The Morgan fingerprint density at radius 3 is 2.96 bits per heavy atom. The Kier molecular flexibility index (Phi) is 3.67. The number of rotatable bonds is 3. The van der Waals surface area contributed by atoms with Crippen molar-refractivity contribution in [3.63, 3.8) is 0 Å². The minimum absolute atomic E-state index is 0.0587. The quantitative estimate of drug-likeness (QED) is 0.743. The standard InChI is InChI=1S/C17H16N4OS/c22-17(21-7-1-2-15(21)14-5-9-23-11-14)13-3-4-16(19-10-13)20-8-6-18-12-20/h3-6,8-12,15H,1-2,7H2/t15-/m0/s1. The summed E-state index contributed by atoms with van der Waals surface area (Å²) in [5.41, 5.74) is 1.87. The summed E-state index contributed by atoms with van der Waals surface area (Å²) in [7, 11) is 0. The highest BCUT2D eigenvalue weighted by Crippen LogP contribution is 2.34. The van der Waals surface area contributed by atoms with Gasteiger partial charge >= 0.3 is 0 Å². The van der Waals surface area contributed by atoms with Gasteiger partial charge in [0.15, 0.2) is 0 Å². The molecule has 4 heterocycles. The summed E-state index contributed by atoms with van der Waals surface area (Å²) in [5.74, 6) is 0.818. The van der Waals surface area contributed by atoms with Gasteiger partial charge in [0.2, 0.25) is 0 Å². The van der Waals surface area contributed by atoms with Gasteiger partial charge in [-0.05, 0) is 47.4 Å². The van der Waals surface area contributed by atoms with Gasteiger partial charge in [-0.25, -0.2) is 9.97 Å². The normalized spacial score (nSPS) is 17.6. The van der Waals surface area contributed by atoms with E-state index in [1.165, 1.54) is 5.56 Å². The third-order valence-electron chi connectivity index (χ3n) is 4.21. The zero-order valence-corrected chi connectivity index (χ0v) is 13.3. The zero-order chi connectivity index (χ0) is 15.6. The van der Waals surface area contributed by atoms with Crippen LogP contribution in [0, 0.1) is 0 Å². The molecular formula is C17H16N4OS. The van der Waals surface area contributed by atoms with Crippen molar-refractivity contribution in [1.82, 2.24) is 19.4 Å². The lowest BCUT2D eigenvalue weighted by Gasteiger charge is -2.24. The molecule has 1 aliphatic heterocycles. The van der Waals surface area contributed by atoms with Gasteiger partial charge in [-0.3, -0.25) is 9.36 Å². The number of amides is 1. The van der Waals surface area contributed by atoms with E-state index in [9.17, 15) is 4.79 Å². The monoisotopic (exact) mass is 324 g/mol. The van der Waals surface area contributed by atoms with Crippen LogP contribution in [0.15, 0.2) is 53.9 Å². The summed E-state index contributed by atoms with van der Waals surface area (Å²) in [4.78, 5) is 23.2. The first kappa shape index (κ1) is 14.1. The van der Waals surface area contributed by atoms with Gasteiger partial charge in [-0.2, -0.15) is 11.3 Å². The molecule has 0 saturated carbocycles. The van der Waals surface area contributed by atoms with E-state index in [0.29, 0.717) is 5.56 Å². The van der Waals surface area contributed by atoms with Crippen LogP contribution in [0.1, 0.15) is 34.8 Å². The number of hydrogen-bond donors (Lipinski definition) is 0.